The first-order valence-electron chi connectivity index (χ1n) is 3.66. The van der Waals surface area contributed by atoms with Crippen molar-refractivity contribution < 1.29 is 14.3 Å². The molecule has 0 aliphatic heterocycles. The fraction of sp³-hybridized carbons (Fsp3) is 0.286. The van der Waals surface area contributed by atoms with Gasteiger partial charge in [-0.1, -0.05) is 0 Å². The predicted octanol–water partition coefficient (Wildman–Crippen LogP) is 0.729. The first-order chi connectivity index (χ1) is 6.54. The molecule has 0 saturated heterocycles. The highest BCUT2D eigenvalue weighted by Crippen LogP contribution is 2.24. The molecule has 0 aliphatic carbocycles. The number of primary amides is 1. The Morgan fingerprint density at radius 2 is 2.21 bits per heavy atom. The Kier molecular flexibility index (Phi) is 3.03. The van der Waals surface area contributed by atoms with Crippen LogP contribution in [0.5, 0.6) is 0 Å². The normalized spacial score (nSPS) is 9.57. The Bertz CT molecular complexity index is 374. The number of thiazole rings is 1. The third-order valence-corrected chi connectivity index (χ3v) is 2.24. The van der Waals surface area contributed by atoms with Crippen molar-refractivity contribution in [3.8, 4) is 0 Å². The zero-order valence-corrected chi connectivity index (χ0v) is 8.47. The number of hydrogen-bond donors (Lipinski definition) is 2. The number of anilines is 1. The number of esters is 1. The average Bonchev–Trinajstić information content (AvgIpc) is 2.44. The van der Waals surface area contributed by atoms with Gasteiger partial charge < -0.3 is 10.5 Å². The van der Waals surface area contributed by atoms with E-state index in [9.17, 15) is 9.59 Å². The van der Waals surface area contributed by atoms with Gasteiger partial charge in [-0.15, -0.1) is 11.3 Å². The maximum Gasteiger partial charge on any atom is 0.359 e. The first kappa shape index (κ1) is 10.5. The lowest BCUT2D eigenvalue weighted by Gasteiger charge is -1.99. The molecule has 0 aliphatic rings. The number of methoxy groups -OCH3 is 1. The average molecular weight is 215 g/mol. The maximum absolute atomic E-state index is 11.2. The minimum Gasteiger partial charge on any atom is -0.464 e. The maximum atomic E-state index is 11.2. The molecule has 2 amide bonds. The Morgan fingerprint density at radius 3 is 2.71 bits per heavy atom. The third kappa shape index (κ3) is 2.19. The lowest BCUT2D eigenvalue weighted by molar-refractivity contribution is 0.0596. The summed E-state index contributed by atoms with van der Waals surface area (Å²) in [6.45, 7) is 1.71. The number of aromatic nitrogens is 1. The number of aryl methyl sites for hydroxylation is 1. The number of nitrogens with two attached hydrogens (primary N) is 1. The molecule has 0 bridgehead atoms. The van der Waals surface area contributed by atoms with E-state index in [1.807, 2.05) is 0 Å². The molecule has 76 valence electrons. The number of carbonyl (C=O) groups is 2. The molecule has 6 nitrogen and oxygen atoms in total. The van der Waals surface area contributed by atoms with Crippen molar-refractivity contribution in [2.45, 2.75) is 6.92 Å². The largest absolute Gasteiger partial charge is 0.464 e. The van der Waals surface area contributed by atoms with Crippen LogP contribution in [0.25, 0.3) is 0 Å². The number of rotatable bonds is 2. The minimum atomic E-state index is -0.737. The van der Waals surface area contributed by atoms with Gasteiger partial charge in [-0.25, -0.2) is 14.6 Å². The van der Waals surface area contributed by atoms with Crippen molar-refractivity contribution in [3.05, 3.63) is 10.7 Å². The molecule has 3 N–H and O–H groups in total. The zero-order valence-electron chi connectivity index (χ0n) is 7.66. The van der Waals surface area contributed by atoms with Crippen molar-refractivity contribution in [2.24, 2.45) is 5.73 Å². The summed E-state index contributed by atoms with van der Waals surface area (Å²) in [7, 11) is 1.24. The number of urea groups is 1. The Labute approximate surface area is 84.1 Å². The second-order valence-electron chi connectivity index (χ2n) is 2.39. The van der Waals surface area contributed by atoms with Crippen molar-refractivity contribution in [3.63, 3.8) is 0 Å². The van der Waals surface area contributed by atoms with Gasteiger partial charge in [-0.05, 0) is 6.92 Å². The summed E-state index contributed by atoms with van der Waals surface area (Å²) in [4.78, 5) is 25.6. The molecule has 0 saturated carbocycles. The van der Waals surface area contributed by atoms with Crippen LogP contribution < -0.4 is 11.1 Å². The van der Waals surface area contributed by atoms with E-state index < -0.39 is 12.0 Å². The topological polar surface area (TPSA) is 94.3 Å². The van der Waals surface area contributed by atoms with Crippen LogP contribution in [0, 0.1) is 6.92 Å². The number of ether oxygens (including phenoxy) is 1. The van der Waals surface area contributed by atoms with E-state index in [-0.39, 0.29) is 5.69 Å². The molecular weight excluding hydrogens is 206 g/mol. The summed E-state index contributed by atoms with van der Waals surface area (Å²) in [5.41, 5.74) is 5.00. The van der Waals surface area contributed by atoms with Gasteiger partial charge in [0.05, 0.1) is 12.1 Å². The van der Waals surface area contributed by atoms with Gasteiger partial charge in [0.15, 0.2) is 5.69 Å². The number of carbonyl (C=O) groups excluding carboxylic acids is 2. The molecule has 0 fully saturated rings. The van der Waals surface area contributed by atoms with Crippen molar-refractivity contribution in [1.82, 2.24) is 4.98 Å². The van der Waals surface area contributed by atoms with E-state index in [1.165, 1.54) is 7.11 Å². The first-order valence-corrected chi connectivity index (χ1v) is 4.48. The highest BCUT2D eigenvalue weighted by atomic mass is 32.1. The molecule has 0 radical (unpaired) electrons. The van der Waals surface area contributed by atoms with E-state index in [0.29, 0.717) is 10.0 Å². The van der Waals surface area contributed by atoms with E-state index in [2.05, 4.69) is 15.0 Å². The lowest BCUT2D eigenvalue weighted by Crippen LogP contribution is -2.20. The monoisotopic (exact) mass is 215 g/mol. The van der Waals surface area contributed by atoms with Gasteiger partial charge in [0.2, 0.25) is 0 Å². The summed E-state index contributed by atoms with van der Waals surface area (Å²) >= 11 is 1.16. The van der Waals surface area contributed by atoms with Gasteiger partial charge in [-0.2, -0.15) is 0 Å². The second-order valence-corrected chi connectivity index (χ2v) is 3.59. The summed E-state index contributed by atoms with van der Waals surface area (Å²) in [5, 5.41) is 3.26. The van der Waals surface area contributed by atoms with E-state index in [1.54, 1.807) is 6.92 Å². The fourth-order valence-corrected chi connectivity index (χ4v) is 1.67. The second kappa shape index (κ2) is 4.05. The van der Waals surface area contributed by atoms with Gasteiger partial charge >= 0.3 is 12.0 Å². The predicted molar refractivity (Wildman–Crippen MR) is 51.4 cm³/mol. The van der Waals surface area contributed by atoms with E-state index in [0.717, 1.165) is 11.3 Å². The van der Waals surface area contributed by atoms with Crippen molar-refractivity contribution in [2.75, 3.05) is 12.4 Å². The van der Waals surface area contributed by atoms with Gasteiger partial charge in [0.1, 0.15) is 5.00 Å². The number of amides is 2. The summed E-state index contributed by atoms with van der Waals surface area (Å²) in [5.74, 6) is -0.599. The molecule has 14 heavy (non-hydrogen) atoms. The lowest BCUT2D eigenvalue weighted by atomic mass is 10.4. The molecule has 1 aromatic heterocycles. The molecule has 7 heteroatoms. The molecule has 1 rings (SSSR count). The van der Waals surface area contributed by atoms with Crippen LogP contribution in [-0.4, -0.2) is 24.1 Å². The number of nitrogens with one attached hydrogen (secondary N) is 1. The minimum absolute atomic E-state index is 0.0776. The van der Waals surface area contributed by atoms with Crippen LogP contribution in [0.2, 0.25) is 0 Å². The molecule has 1 heterocycles. The summed E-state index contributed by atoms with van der Waals surface area (Å²) in [6.07, 6.45) is 0. The molecule has 1 aromatic rings. The van der Waals surface area contributed by atoms with Crippen LogP contribution in [-0.2, 0) is 4.74 Å². The van der Waals surface area contributed by atoms with Crippen LogP contribution in [0.1, 0.15) is 15.5 Å². The fourth-order valence-electron chi connectivity index (χ4n) is 0.859. The van der Waals surface area contributed by atoms with E-state index in [4.69, 9.17) is 5.73 Å². The van der Waals surface area contributed by atoms with Crippen LogP contribution >= 0.6 is 11.3 Å². The van der Waals surface area contributed by atoms with Crippen molar-refractivity contribution >= 4 is 28.3 Å². The molecular formula is C7H9N3O3S. The SMILES string of the molecule is COC(=O)c1nc(C)sc1NC(N)=O. The number of nitrogens with zero attached hydrogens (tertiary/aromatic N) is 1. The summed E-state index contributed by atoms with van der Waals surface area (Å²) in [6, 6.07) is -0.737. The number of hydrogen-bond acceptors (Lipinski definition) is 5. The van der Waals surface area contributed by atoms with Crippen molar-refractivity contribution in [1.29, 1.82) is 0 Å². The van der Waals surface area contributed by atoms with Crippen LogP contribution in [0.3, 0.4) is 0 Å². The van der Waals surface area contributed by atoms with Gasteiger partial charge in [0.25, 0.3) is 0 Å². The molecule has 0 unspecified atom stereocenters. The van der Waals surface area contributed by atoms with Crippen LogP contribution in [0.4, 0.5) is 9.80 Å². The molecule has 0 atom stereocenters. The smallest absolute Gasteiger partial charge is 0.359 e. The van der Waals surface area contributed by atoms with Gasteiger partial charge in [-0.3, -0.25) is 5.32 Å². The van der Waals surface area contributed by atoms with Gasteiger partial charge in [0, 0.05) is 0 Å². The third-order valence-electron chi connectivity index (χ3n) is 1.35. The van der Waals surface area contributed by atoms with E-state index >= 15 is 0 Å². The molecule has 0 aromatic carbocycles. The molecule has 0 spiro atoms. The standard InChI is InChI=1S/C7H9N3O3S/c1-3-9-4(6(11)13-2)5(14-3)10-7(8)12/h1-2H3,(H3,8,10,12). The zero-order chi connectivity index (χ0) is 10.7. The van der Waals surface area contributed by atoms with Crippen LogP contribution in [0.15, 0.2) is 0 Å². The Hall–Kier alpha value is -1.63. The quantitative estimate of drug-likeness (QED) is 0.711. The Morgan fingerprint density at radius 1 is 1.57 bits per heavy atom. The highest BCUT2D eigenvalue weighted by Gasteiger charge is 2.18. The summed E-state index contributed by atoms with van der Waals surface area (Å²) < 4.78 is 4.48. The highest BCUT2D eigenvalue weighted by molar-refractivity contribution is 7.16. The Balaban J connectivity index is 3.02.